The molecular weight excluding hydrogens is 262 g/mol. The summed E-state index contributed by atoms with van der Waals surface area (Å²) < 4.78 is 0. The number of nitrogens with two attached hydrogens (primary N) is 1. The van der Waals surface area contributed by atoms with Crippen LogP contribution in [-0.4, -0.2) is 27.7 Å². The summed E-state index contributed by atoms with van der Waals surface area (Å²) in [6.07, 6.45) is 0.847. The quantitative estimate of drug-likeness (QED) is 0.445. The molecule has 0 bridgehead atoms. The van der Waals surface area contributed by atoms with Gasteiger partial charge in [-0.15, -0.1) is 0 Å². The highest BCUT2D eigenvalue weighted by Gasteiger charge is 2.37. The fraction of sp³-hybridized carbons (Fsp3) is 0.308. The van der Waals surface area contributed by atoms with Crippen molar-refractivity contribution < 1.29 is 9.59 Å². The third-order valence-electron chi connectivity index (χ3n) is 3.62. The number of carbonyl (C=O) groups is 2. The molecule has 1 aromatic rings. The maximum absolute atomic E-state index is 11.9. The zero-order chi connectivity index (χ0) is 13.6. The van der Waals surface area contributed by atoms with Crippen LogP contribution in [0.25, 0.3) is 0 Å². The van der Waals surface area contributed by atoms with Gasteiger partial charge in [-0.3, -0.25) is 14.9 Å². The Morgan fingerprint density at radius 3 is 2.84 bits per heavy atom. The van der Waals surface area contributed by atoms with Gasteiger partial charge in [-0.05, 0) is 12.5 Å². The average Bonchev–Trinajstić information content (AvgIpc) is 2.69. The fourth-order valence-electron chi connectivity index (χ4n) is 2.61. The van der Waals surface area contributed by atoms with E-state index in [9.17, 15) is 9.59 Å². The molecule has 0 aromatic heterocycles. The highest BCUT2D eigenvalue weighted by Crippen LogP contribution is 2.31. The smallest absolute Gasteiger partial charge is 0.249 e. The van der Waals surface area contributed by atoms with Crippen molar-refractivity contribution in [3.63, 3.8) is 0 Å². The molecule has 98 valence electrons. The Bertz CT molecular complexity index is 600. The molecule has 0 unspecified atom stereocenters. The third-order valence-corrected chi connectivity index (χ3v) is 4.07. The van der Waals surface area contributed by atoms with E-state index in [2.05, 4.69) is 5.32 Å². The highest BCUT2D eigenvalue weighted by atomic mass is 32.1. The first-order valence-corrected chi connectivity index (χ1v) is 6.51. The van der Waals surface area contributed by atoms with Gasteiger partial charge in [-0.2, -0.15) is 0 Å². The predicted octanol–water partition coefficient (Wildman–Crippen LogP) is 0.565. The van der Waals surface area contributed by atoms with E-state index >= 15 is 0 Å². The molecule has 2 aliphatic rings. The van der Waals surface area contributed by atoms with Crippen LogP contribution in [0.3, 0.4) is 0 Å². The summed E-state index contributed by atoms with van der Waals surface area (Å²) in [5, 5.41) is 2.36. The number of hydrogen-bond donors (Lipinski definition) is 2. The molecule has 3 rings (SSSR count). The van der Waals surface area contributed by atoms with E-state index in [0.29, 0.717) is 30.1 Å². The summed E-state index contributed by atoms with van der Waals surface area (Å²) in [6, 6.07) is 5.22. The second-order valence-electron chi connectivity index (χ2n) is 4.77. The Labute approximate surface area is 115 Å². The van der Waals surface area contributed by atoms with Crippen molar-refractivity contribution in [2.24, 2.45) is 0 Å². The van der Waals surface area contributed by atoms with Gasteiger partial charge in [0.05, 0.1) is 0 Å². The standard InChI is InChI=1S/C13H13N3O2S/c14-9-3-1-2-7-8(9)6-16(13(7)19)10-4-5-11(17)15-12(10)18/h1-3,10H,4-6,14H2,(H,15,17,18)/t10-/m1/s1. The summed E-state index contributed by atoms with van der Waals surface area (Å²) in [4.78, 5) is 25.6. The number of benzene rings is 1. The van der Waals surface area contributed by atoms with Crippen LogP contribution in [0.15, 0.2) is 18.2 Å². The van der Waals surface area contributed by atoms with Gasteiger partial charge in [0.25, 0.3) is 0 Å². The molecule has 5 nitrogen and oxygen atoms in total. The number of imide groups is 1. The largest absolute Gasteiger partial charge is 0.398 e. The van der Waals surface area contributed by atoms with Gasteiger partial charge in [-0.1, -0.05) is 24.4 Å². The monoisotopic (exact) mass is 275 g/mol. The minimum atomic E-state index is -0.378. The van der Waals surface area contributed by atoms with E-state index in [1.165, 1.54) is 0 Å². The van der Waals surface area contributed by atoms with Crippen LogP contribution in [0.2, 0.25) is 0 Å². The predicted molar refractivity (Wildman–Crippen MR) is 74.3 cm³/mol. The molecule has 3 N–H and O–H groups in total. The Balaban J connectivity index is 1.90. The van der Waals surface area contributed by atoms with E-state index in [-0.39, 0.29) is 17.9 Å². The number of thiocarbonyl (C=S) groups is 1. The van der Waals surface area contributed by atoms with Gasteiger partial charge >= 0.3 is 0 Å². The minimum absolute atomic E-state index is 0.219. The Kier molecular flexibility index (Phi) is 2.74. The molecule has 0 radical (unpaired) electrons. The maximum Gasteiger partial charge on any atom is 0.249 e. The molecule has 1 fully saturated rings. The number of nitrogens with one attached hydrogen (secondary N) is 1. The lowest BCUT2D eigenvalue weighted by atomic mass is 10.0. The summed E-state index contributed by atoms with van der Waals surface area (Å²) in [7, 11) is 0. The van der Waals surface area contributed by atoms with Crippen molar-refractivity contribution >= 4 is 34.7 Å². The molecule has 6 heteroatoms. The number of fused-ring (bicyclic) bond motifs is 1. The lowest BCUT2D eigenvalue weighted by molar-refractivity contribution is -0.136. The third kappa shape index (κ3) is 1.88. The summed E-state index contributed by atoms with van der Waals surface area (Å²) in [5.74, 6) is -0.492. The molecule has 1 aromatic carbocycles. The number of piperidine rings is 1. The zero-order valence-corrected chi connectivity index (χ0v) is 11.0. The fourth-order valence-corrected chi connectivity index (χ4v) is 2.99. The molecule has 0 spiro atoms. The number of carbonyl (C=O) groups excluding carboxylic acids is 2. The van der Waals surface area contributed by atoms with Crippen LogP contribution < -0.4 is 11.1 Å². The van der Waals surface area contributed by atoms with Crippen LogP contribution in [0, 0.1) is 0 Å². The van der Waals surface area contributed by atoms with Gasteiger partial charge in [0.1, 0.15) is 11.0 Å². The van der Waals surface area contributed by atoms with Crippen molar-refractivity contribution in [3.8, 4) is 0 Å². The molecule has 0 saturated carbocycles. The van der Waals surface area contributed by atoms with E-state index < -0.39 is 0 Å². The van der Waals surface area contributed by atoms with Gasteiger partial charge in [-0.25, -0.2) is 0 Å². The second kappa shape index (κ2) is 4.31. The first-order chi connectivity index (χ1) is 9.08. The van der Waals surface area contributed by atoms with Gasteiger partial charge in [0.2, 0.25) is 11.8 Å². The first kappa shape index (κ1) is 12.1. The number of amides is 2. The Morgan fingerprint density at radius 2 is 2.16 bits per heavy atom. The van der Waals surface area contributed by atoms with Crippen LogP contribution in [0.5, 0.6) is 0 Å². The molecule has 2 aliphatic heterocycles. The number of hydrogen-bond acceptors (Lipinski definition) is 4. The Morgan fingerprint density at radius 1 is 1.37 bits per heavy atom. The topological polar surface area (TPSA) is 75.4 Å². The van der Waals surface area contributed by atoms with Crippen molar-refractivity contribution in [1.29, 1.82) is 0 Å². The SMILES string of the molecule is Nc1cccc2c1CN([C@@H]1CCC(=O)NC1=O)C2=S. The van der Waals surface area contributed by atoms with Crippen LogP contribution >= 0.6 is 12.2 Å². The van der Waals surface area contributed by atoms with E-state index in [0.717, 1.165) is 11.1 Å². The number of nitrogens with zero attached hydrogens (tertiary/aromatic N) is 1. The van der Waals surface area contributed by atoms with Crippen molar-refractivity contribution in [2.45, 2.75) is 25.4 Å². The van der Waals surface area contributed by atoms with Gasteiger partial charge < -0.3 is 10.6 Å². The molecule has 2 amide bonds. The summed E-state index contributed by atoms with van der Waals surface area (Å²) in [6.45, 7) is 0.535. The lowest BCUT2D eigenvalue weighted by Crippen LogP contribution is -2.52. The number of nitrogen functional groups attached to an aromatic ring is 1. The summed E-state index contributed by atoms with van der Waals surface area (Å²) in [5.41, 5.74) is 8.52. The number of anilines is 1. The highest BCUT2D eigenvalue weighted by molar-refractivity contribution is 7.80. The molecule has 0 aliphatic carbocycles. The van der Waals surface area contributed by atoms with E-state index in [1.807, 2.05) is 23.1 Å². The van der Waals surface area contributed by atoms with E-state index in [4.69, 9.17) is 18.0 Å². The van der Waals surface area contributed by atoms with Gasteiger partial charge in [0.15, 0.2) is 0 Å². The van der Waals surface area contributed by atoms with Crippen LogP contribution in [-0.2, 0) is 16.1 Å². The Hall–Kier alpha value is -1.95. The van der Waals surface area contributed by atoms with Crippen LogP contribution in [0.1, 0.15) is 24.0 Å². The first-order valence-electron chi connectivity index (χ1n) is 6.10. The van der Waals surface area contributed by atoms with Gasteiger partial charge in [0, 0.05) is 29.8 Å². The maximum atomic E-state index is 11.9. The molecule has 1 atom stereocenters. The summed E-state index contributed by atoms with van der Waals surface area (Å²) >= 11 is 5.42. The zero-order valence-electron chi connectivity index (χ0n) is 10.2. The van der Waals surface area contributed by atoms with Crippen LogP contribution in [0.4, 0.5) is 5.69 Å². The molecule has 19 heavy (non-hydrogen) atoms. The average molecular weight is 275 g/mol. The van der Waals surface area contributed by atoms with Crippen molar-refractivity contribution in [3.05, 3.63) is 29.3 Å². The normalized spacial score (nSPS) is 22.4. The van der Waals surface area contributed by atoms with Crippen molar-refractivity contribution in [2.75, 3.05) is 5.73 Å². The van der Waals surface area contributed by atoms with E-state index in [1.54, 1.807) is 0 Å². The molecular formula is C13H13N3O2S. The molecule has 2 heterocycles. The molecule has 1 saturated heterocycles. The lowest BCUT2D eigenvalue weighted by Gasteiger charge is -2.30. The minimum Gasteiger partial charge on any atom is -0.398 e. The number of rotatable bonds is 1. The second-order valence-corrected chi connectivity index (χ2v) is 5.16. The van der Waals surface area contributed by atoms with Crippen molar-refractivity contribution in [1.82, 2.24) is 10.2 Å².